The van der Waals surface area contributed by atoms with Gasteiger partial charge in [0, 0.05) is 11.5 Å². The first kappa shape index (κ1) is 17.7. The lowest BCUT2D eigenvalue weighted by Gasteiger charge is -2.46. The highest BCUT2D eigenvalue weighted by molar-refractivity contribution is 6.03. The first-order valence-corrected chi connectivity index (χ1v) is 10.4. The quantitative estimate of drug-likeness (QED) is 0.677. The standard InChI is InChI=1S/C25H26O3/c1-2-27-25(26)24-21(17-11-7-4-8-12-17)22-18-13-19(23(22)24)20(14-18)28-15-16-9-5-3-6-10-16/h3-12,18-20,22-23H,2,13-15H2,1H3/t18-,19+,20-,22+,23+/m1/s1. The molecule has 3 heteroatoms. The second-order valence-electron chi connectivity index (χ2n) is 8.20. The number of allylic oxidation sites excluding steroid dienone is 1. The van der Waals surface area contributed by atoms with E-state index in [1.165, 1.54) is 16.7 Å². The fraction of sp³-hybridized carbons (Fsp3) is 0.400. The molecule has 0 aliphatic heterocycles. The maximum Gasteiger partial charge on any atom is 0.334 e. The third-order valence-electron chi connectivity index (χ3n) is 6.79. The maximum atomic E-state index is 12.8. The molecule has 0 radical (unpaired) electrons. The van der Waals surface area contributed by atoms with Crippen LogP contribution in [-0.2, 0) is 20.9 Å². The SMILES string of the molecule is CCOC(=O)C1=C(c2ccccc2)[C@@H]2[C@@H]3C[C@H]([C@H]12)[C@H](OCc1ccccc1)C3. The van der Waals surface area contributed by atoms with E-state index in [4.69, 9.17) is 9.47 Å². The van der Waals surface area contributed by atoms with Gasteiger partial charge in [-0.3, -0.25) is 0 Å². The summed E-state index contributed by atoms with van der Waals surface area (Å²) < 4.78 is 11.8. The van der Waals surface area contributed by atoms with E-state index in [-0.39, 0.29) is 12.1 Å². The summed E-state index contributed by atoms with van der Waals surface area (Å²) in [6, 6.07) is 20.7. The molecule has 5 atom stereocenters. The van der Waals surface area contributed by atoms with Gasteiger partial charge in [0.1, 0.15) is 0 Å². The van der Waals surface area contributed by atoms with Gasteiger partial charge in [0.15, 0.2) is 0 Å². The Morgan fingerprint density at radius 1 is 0.964 bits per heavy atom. The lowest BCUT2D eigenvalue weighted by molar-refractivity contribution is -0.140. The van der Waals surface area contributed by atoms with Gasteiger partial charge >= 0.3 is 5.97 Å². The van der Waals surface area contributed by atoms with Gasteiger partial charge in [-0.15, -0.1) is 0 Å². The van der Waals surface area contributed by atoms with Crippen molar-refractivity contribution in [3.63, 3.8) is 0 Å². The number of hydrogen-bond acceptors (Lipinski definition) is 3. The predicted molar refractivity (Wildman–Crippen MR) is 108 cm³/mol. The Labute approximate surface area is 166 Å². The number of ether oxygens (including phenoxy) is 2. The van der Waals surface area contributed by atoms with Crippen LogP contribution in [-0.4, -0.2) is 18.7 Å². The molecule has 3 aliphatic rings. The molecule has 2 fully saturated rings. The van der Waals surface area contributed by atoms with Crippen molar-refractivity contribution in [3.8, 4) is 0 Å². The number of esters is 1. The summed E-state index contributed by atoms with van der Waals surface area (Å²) in [6.45, 7) is 2.95. The van der Waals surface area contributed by atoms with E-state index < -0.39 is 0 Å². The molecule has 144 valence electrons. The molecule has 28 heavy (non-hydrogen) atoms. The van der Waals surface area contributed by atoms with Crippen molar-refractivity contribution >= 4 is 11.5 Å². The van der Waals surface area contributed by atoms with Crippen LogP contribution >= 0.6 is 0 Å². The van der Waals surface area contributed by atoms with Crippen LogP contribution in [0.2, 0.25) is 0 Å². The van der Waals surface area contributed by atoms with Gasteiger partial charge in [0.2, 0.25) is 0 Å². The Morgan fingerprint density at radius 2 is 1.68 bits per heavy atom. The molecule has 0 heterocycles. The van der Waals surface area contributed by atoms with Gasteiger partial charge in [0.25, 0.3) is 0 Å². The maximum absolute atomic E-state index is 12.8. The minimum absolute atomic E-state index is 0.128. The zero-order valence-corrected chi connectivity index (χ0v) is 16.2. The van der Waals surface area contributed by atoms with Gasteiger partial charge < -0.3 is 9.47 Å². The molecule has 2 saturated carbocycles. The molecule has 0 spiro atoms. The van der Waals surface area contributed by atoms with Gasteiger partial charge in [0.05, 0.1) is 19.3 Å². The van der Waals surface area contributed by atoms with E-state index in [1.54, 1.807) is 0 Å². The van der Waals surface area contributed by atoms with Crippen molar-refractivity contribution in [2.24, 2.45) is 23.7 Å². The molecule has 3 nitrogen and oxygen atoms in total. The monoisotopic (exact) mass is 374 g/mol. The minimum atomic E-state index is -0.128. The van der Waals surface area contributed by atoms with E-state index in [9.17, 15) is 4.79 Å². The van der Waals surface area contributed by atoms with Crippen molar-refractivity contribution < 1.29 is 14.3 Å². The summed E-state index contributed by atoms with van der Waals surface area (Å²) in [7, 11) is 0. The van der Waals surface area contributed by atoms with Crippen LogP contribution in [0.1, 0.15) is 30.9 Å². The first-order chi connectivity index (χ1) is 13.8. The Bertz CT molecular complexity index is 887. The fourth-order valence-electron chi connectivity index (χ4n) is 5.76. The third-order valence-corrected chi connectivity index (χ3v) is 6.79. The molecular formula is C25H26O3. The van der Waals surface area contributed by atoms with Crippen molar-refractivity contribution in [2.75, 3.05) is 6.61 Å². The van der Waals surface area contributed by atoms with E-state index >= 15 is 0 Å². The fourth-order valence-corrected chi connectivity index (χ4v) is 5.76. The van der Waals surface area contributed by atoms with Crippen molar-refractivity contribution in [3.05, 3.63) is 77.4 Å². The van der Waals surface area contributed by atoms with Gasteiger partial charge in [-0.05, 0) is 54.2 Å². The number of benzene rings is 2. The second kappa shape index (κ2) is 7.21. The molecule has 3 aliphatic carbocycles. The van der Waals surface area contributed by atoms with Crippen LogP contribution < -0.4 is 0 Å². The summed E-state index contributed by atoms with van der Waals surface area (Å²) in [6.07, 6.45) is 2.51. The Hall–Kier alpha value is -2.39. The number of fused-ring (bicyclic) bond motifs is 5. The van der Waals surface area contributed by atoms with Crippen LogP contribution in [0.4, 0.5) is 0 Å². The normalized spacial score (nSPS) is 30.1. The van der Waals surface area contributed by atoms with Crippen LogP contribution in [0.5, 0.6) is 0 Å². The Morgan fingerprint density at radius 3 is 2.39 bits per heavy atom. The summed E-state index contributed by atoms with van der Waals surface area (Å²) in [4.78, 5) is 12.8. The third kappa shape index (κ3) is 2.80. The summed E-state index contributed by atoms with van der Waals surface area (Å²) in [5.74, 6) is 1.71. The summed E-state index contributed by atoms with van der Waals surface area (Å²) in [5.41, 5.74) is 4.54. The number of carbonyl (C=O) groups excluding carboxylic acids is 1. The first-order valence-electron chi connectivity index (χ1n) is 10.4. The lowest BCUT2D eigenvalue weighted by atomic mass is 9.59. The minimum Gasteiger partial charge on any atom is -0.463 e. The largest absolute Gasteiger partial charge is 0.463 e. The van der Waals surface area contributed by atoms with Gasteiger partial charge in [-0.2, -0.15) is 0 Å². The number of hydrogen-bond donors (Lipinski definition) is 0. The summed E-state index contributed by atoms with van der Waals surface area (Å²) in [5, 5.41) is 0. The molecule has 0 N–H and O–H groups in total. The average molecular weight is 374 g/mol. The molecule has 0 amide bonds. The Balaban J connectivity index is 1.40. The van der Waals surface area contributed by atoms with Crippen molar-refractivity contribution in [2.45, 2.75) is 32.5 Å². The van der Waals surface area contributed by atoms with Crippen LogP contribution in [0, 0.1) is 23.7 Å². The molecule has 2 aromatic carbocycles. The zero-order chi connectivity index (χ0) is 19.1. The van der Waals surface area contributed by atoms with Gasteiger partial charge in [-0.1, -0.05) is 60.7 Å². The zero-order valence-electron chi connectivity index (χ0n) is 16.2. The predicted octanol–water partition coefficient (Wildman–Crippen LogP) is 4.87. The smallest absolute Gasteiger partial charge is 0.334 e. The topological polar surface area (TPSA) is 35.5 Å². The molecular weight excluding hydrogens is 348 g/mol. The highest BCUT2D eigenvalue weighted by atomic mass is 16.5. The summed E-state index contributed by atoms with van der Waals surface area (Å²) >= 11 is 0. The van der Waals surface area contributed by atoms with Crippen LogP contribution in [0.15, 0.2) is 66.2 Å². The second-order valence-corrected chi connectivity index (χ2v) is 8.20. The van der Waals surface area contributed by atoms with E-state index in [1.807, 2.05) is 19.1 Å². The van der Waals surface area contributed by atoms with Crippen LogP contribution in [0.3, 0.4) is 0 Å². The van der Waals surface area contributed by atoms with Gasteiger partial charge in [-0.25, -0.2) is 4.79 Å². The highest BCUT2D eigenvalue weighted by Crippen LogP contribution is 2.66. The highest BCUT2D eigenvalue weighted by Gasteiger charge is 2.62. The molecule has 0 unspecified atom stereocenters. The molecule has 2 aromatic rings. The number of rotatable bonds is 6. The average Bonchev–Trinajstić information content (AvgIpc) is 3.23. The lowest BCUT2D eigenvalue weighted by Crippen LogP contribution is -2.43. The van der Waals surface area contributed by atoms with E-state index in [0.29, 0.717) is 36.9 Å². The Kier molecular flexibility index (Phi) is 4.56. The molecule has 5 rings (SSSR count). The molecule has 0 saturated heterocycles. The molecule has 0 aromatic heterocycles. The number of carbonyl (C=O) groups is 1. The van der Waals surface area contributed by atoms with Crippen molar-refractivity contribution in [1.29, 1.82) is 0 Å². The van der Waals surface area contributed by atoms with E-state index in [2.05, 4.69) is 48.5 Å². The van der Waals surface area contributed by atoms with Crippen molar-refractivity contribution in [1.82, 2.24) is 0 Å². The molecule has 2 bridgehead atoms. The van der Waals surface area contributed by atoms with E-state index in [0.717, 1.165) is 18.4 Å². The van der Waals surface area contributed by atoms with Crippen LogP contribution in [0.25, 0.3) is 5.57 Å².